The first kappa shape index (κ1) is 9.60. The molecular weight excluding hydrogens is 180 g/mol. The van der Waals surface area contributed by atoms with E-state index in [0.29, 0.717) is 0 Å². The molecule has 0 bridgehead atoms. The van der Waals surface area contributed by atoms with Crippen LogP contribution in [0, 0.1) is 11.6 Å². The molecule has 0 radical (unpaired) electrons. The molecule has 1 aromatic rings. The minimum absolute atomic E-state index is 0.503. The summed E-state index contributed by atoms with van der Waals surface area (Å²) in [5.41, 5.74) is 4.14. The van der Waals surface area contributed by atoms with Crippen molar-refractivity contribution in [3.8, 4) is 5.75 Å². The largest absolute Gasteiger partial charge is 0.505 e. The summed E-state index contributed by atoms with van der Waals surface area (Å²) in [6, 6.07) is 1.64. The molecule has 0 unspecified atom stereocenters. The Kier molecular flexibility index (Phi) is 2.57. The molecule has 0 aliphatic carbocycles. The number of ketones is 1. The van der Waals surface area contributed by atoms with Crippen LogP contribution >= 0.6 is 0 Å². The van der Waals surface area contributed by atoms with Gasteiger partial charge in [0.15, 0.2) is 17.3 Å². The van der Waals surface area contributed by atoms with Crippen LogP contribution in [0.15, 0.2) is 12.1 Å². The fourth-order valence-corrected chi connectivity index (χ4v) is 0.899. The van der Waals surface area contributed by atoms with Crippen LogP contribution in [0.4, 0.5) is 8.78 Å². The molecule has 0 amide bonds. The van der Waals surface area contributed by atoms with Crippen LogP contribution in [0.25, 0.3) is 0 Å². The Morgan fingerprint density at radius 2 is 2.08 bits per heavy atom. The molecular formula is C8H7F2NO2. The molecule has 0 aliphatic rings. The second-order valence-electron chi connectivity index (χ2n) is 2.38. The summed E-state index contributed by atoms with van der Waals surface area (Å²) in [6.07, 6.45) is 0. The average molecular weight is 187 g/mol. The van der Waals surface area contributed by atoms with E-state index in [2.05, 4.69) is 0 Å². The summed E-state index contributed by atoms with van der Waals surface area (Å²) in [5, 5.41) is 8.83. The quantitative estimate of drug-likeness (QED) is 0.673. The first-order valence-electron chi connectivity index (χ1n) is 3.48. The lowest BCUT2D eigenvalue weighted by atomic mass is 10.1. The van der Waals surface area contributed by atoms with Crippen molar-refractivity contribution >= 4 is 5.78 Å². The lowest BCUT2D eigenvalue weighted by molar-refractivity contribution is 0.0992. The van der Waals surface area contributed by atoms with Crippen LogP contribution < -0.4 is 5.73 Å². The number of carbonyl (C=O) groups is 1. The molecule has 3 nitrogen and oxygen atoms in total. The van der Waals surface area contributed by atoms with Crippen molar-refractivity contribution in [1.82, 2.24) is 0 Å². The normalized spacial score (nSPS) is 10.1. The second kappa shape index (κ2) is 3.49. The predicted octanol–water partition coefficient (Wildman–Crippen LogP) is 0.812. The Hall–Kier alpha value is -1.49. The third kappa shape index (κ3) is 1.65. The Balaban J connectivity index is 3.33. The van der Waals surface area contributed by atoms with Gasteiger partial charge in [0.25, 0.3) is 0 Å². The van der Waals surface area contributed by atoms with Crippen molar-refractivity contribution in [2.45, 2.75) is 0 Å². The zero-order valence-electron chi connectivity index (χ0n) is 6.55. The molecule has 0 saturated carbocycles. The van der Waals surface area contributed by atoms with E-state index >= 15 is 0 Å². The number of nitrogens with two attached hydrogens (primary N) is 1. The Morgan fingerprint density at radius 1 is 1.46 bits per heavy atom. The van der Waals surface area contributed by atoms with Gasteiger partial charge in [-0.15, -0.1) is 0 Å². The molecule has 0 spiro atoms. The molecule has 3 N–H and O–H groups in total. The van der Waals surface area contributed by atoms with Crippen LogP contribution in [0.5, 0.6) is 5.75 Å². The van der Waals surface area contributed by atoms with Gasteiger partial charge in [-0.1, -0.05) is 0 Å². The Morgan fingerprint density at radius 3 is 2.62 bits per heavy atom. The molecule has 1 rings (SSSR count). The standard InChI is InChI=1S/C8H7F2NO2/c9-4-1-2-5(12)8(10)7(4)6(13)3-11/h1-2,12H,3,11H2. The molecule has 5 heteroatoms. The lowest BCUT2D eigenvalue weighted by Crippen LogP contribution is -2.16. The van der Waals surface area contributed by atoms with Gasteiger partial charge in [-0.25, -0.2) is 8.78 Å². The van der Waals surface area contributed by atoms with Crippen molar-refractivity contribution < 1.29 is 18.7 Å². The summed E-state index contributed by atoms with van der Waals surface area (Å²) < 4.78 is 25.8. The minimum atomic E-state index is -1.27. The number of carbonyl (C=O) groups excluding carboxylic acids is 1. The van der Waals surface area contributed by atoms with E-state index < -0.39 is 35.3 Å². The van der Waals surface area contributed by atoms with Gasteiger partial charge in [0.1, 0.15) is 5.82 Å². The summed E-state index contributed by atoms with van der Waals surface area (Å²) in [6.45, 7) is -0.503. The number of Topliss-reactive ketones (excluding diaryl/α,β-unsaturated/α-hetero) is 1. The zero-order valence-corrected chi connectivity index (χ0v) is 6.55. The number of phenols is 1. The number of phenolic OH excluding ortho intramolecular Hbond substituents is 1. The van der Waals surface area contributed by atoms with E-state index in [1.165, 1.54) is 0 Å². The number of benzene rings is 1. The number of aromatic hydroxyl groups is 1. The Labute approximate surface area is 72.8 Å². The van der Waals surface area contributed by atoms with E-state index in [4.69, 9.17) is 10.8 Å². The van der Waals surface area contributed by atoms with Gasteiger partial charge in [0.05, 0.1) is 12.1 Å². The molecule has 0 saturated heterocycles. The third-order valence-electron chi connectivity index (χ3n) is 1.53. The number of hydrogen-bond donors (Lipinski definition) is 2. The summed E-state index contributed by atoms with van der Waals surface area (Å²) in [4.78, 5) is 10.9. The van der Waals surface area contributed by atoms with Crippen molar-refractivity contribution in [3.63, 3.8) is 0 Å². The van der Waals surface area contributed by atoms with Crippen LogP contribution in [0.2, 0.25) is 0 Å². The average Bonchev–Trinajstić information content (AvgIpc) is 2.12. The number of hydrogen-bond acceptors (Lipinski definition) is 3. The van der Waals surface area contributed by atoms with E-state index in [9.17, 15) is 13.6 Å². The summed E-state index contributed by atoms with van der Waals surface area (Å²) in [7, 11) is 0. The van der Waals surface area contributed by atoms with Gasteiger partial charge in [-0.05, 0) is 12.1 Å². The van der Waals surface area contributed by atoms with Gasteiger partial charge in [-0.2, -0.15) is 0 Å². The fraction of sp³-hybridized carbons (Fsp3) is 0.125. The highest BCUT2D eigenvalue weighted by Gasteiger charge is 2.18. The van der Waals surface area contributed by atoms with Crippen molar-refractivity contribution in [2.24, 2.45) is 5.73 Å². The molecule has 13 heavy (non-hydrogen) atoms. The number of halogens is 2. The highest BCUT2D eigenvalue weighted by Crippen LogP contribution is 2.21. The van der Waals surface area contributed by atoms with Gasteiger partial charge in [0, 0.05) is 0 Å². The second-order valence-corrected chi connectivity index (χ2v) is 2.38. The van der Waals surface area contributed by atoms with Gasteiger partial charge < -0.3 is 10.8 Å². The maximum absolute atomic E-state index is 12.9. The van der Waals surface area contributed by atoms with Gasteiger partial charge >= 0.3 is 0 Å². The Bertz CT molecular complexity index is 352. The van der Waals surface area contributed by atoms with Crippen molar-refractivity contribution in [1.29, 1.82) is 0 Å². The molecule has 70 valence electrons. The van der Waals surface area contributed by atoms with Crippen LogP contribution in [-0.4, -0.2) is 17.4 Å². The maximum Gasteiger partial charge on any atom is 0.182 e. The maximum atomic E-state index is 12.9. The van der Waals surface area contributed by atoms with E-state index in [1.807, 2.05) is 0 Å². The van der Waals surface area contributed by atoms with Crippen molar-refractivity contribution in [3.05, 3.63) is 29.3 Å². The van der Waals surface area contributed by atoms with Crippen molar-refractivity contribution in [2.75, 3.05) is 6.54 Å². The van der Waals surface area contributed by atoms with E-state index in [1.54, 1.807) is 0 Å². The van der Waals surface area contributed by atoms with E-state index in [-0.39, 0.29) is 0 Å². The topological polar surface area (TPSA) is 63.3 Å². The van der Waals surface area contributed by atoms with Crippen LogP contribution in [0.3, 0.4) is 0 Å². The fourth-order valence-electron chi connectivity index (χ4n) is 0.899. The highest BCUT2D eigenvalue weighted by molar-refractivity contribution is 5.98. The summed E-state index contributed by atoms with van der Waals surface area (Å²) >= 11 is 0. The molecule has 0 fully saturated rings. The number of rotatable bonds is 2. The minimum Gasteiger partial charge on any atom is -0.505 e. The first-order valence-corrected chi connectivity index (χ1v) is 3.48. The van der Waals surface area contributed by atoms with Crippen LogP contribution in [0.1, 0.15) is 10.4 Å². The van der Waals surface area contributed by atoms with Gasteiger partial charge in [0.2, 0.25) is 0 Å². The summed E-state index contributed by atoms with van der Waals surface area (Å²) in [5.74, 6) is -3.94. The molecule has 0 heterocycles. The monoisotopic (exact) mass is 187 g/mol. The highest BCUT2D eigenvalue weighted by atomic mass is 19.1. The molecule has 0 aromatic heterocycles. The third-order valence-corrected chi connectivity index (χ3v) is 1.53. The zero-order chi connectivity index (χ0) is 10.0. The molecule has 0 aliphatic heterocycles. The molecule has 1 aromatic carbocycles. The molecule has 0 atom stereocenters. The first-order chi connectivity index (χ1) is 6.07. The van der Waals surface area contributed by atoms with E-state index in [0.717, 1.165) is 12.1 Å². The lowest BCUT2D eigenvalue weighted by Gasteiger charge is -2.03. The SMILES string of the molecule is NCC(=O)c1c(F)ccc(O)c1F. The predicted molar refractivity (Wildman–Crippen MR) is 41.4 cm³/mol. The smallest absolute Gasteiger partial charge is 0.182 e. The van der Waals surface area contributed by atoms with Gasteiger partial charge in [-0.3, -0.25) is 4.79 Å². The van der Waals surface area contributed by atoms with Crippen LogP contribution in [-0.2, 0) is 0 Å².